The summed E-state index contributed by atoms with van der Waals surface area (Å²) in [5, 5.41) is 12.0. The Bertz CT molecular complexity index is 1530. The largest absolute Gasteiger partial charge is 0.465 e. The molecule has 1 atom stereocenters. The number of carbonyl (C=O) groups excluding carboxylic acids is 2. The normalized spacial score (nSPS) is 12.2. The number of hydrogen-bond donors (Lipinski definition) is 3. The summed E-state index contributed by atoms with van der Waals surface area (Å²) in [5.41, 5.74) is 1.28. The first-order valence-corrected chi connectivity index (χ1v) is 13.2. The molecule has 0 aromatic carbocycles. The quantitative estimate of drug-likeness (QED) is 0.300. The van der Waals surface area contributed by atoms with Crippen LogP contribution in [0.25, 0.3) is 11.0 Å². The molecule has 0 fully saturated rings. The number of hydrogen-bond acceptors (Lipinski definition) is 6. The van der Waals surface area contributed by atoms with E-state index in [0.717, 1.165) is 11.1 Å². The number of halogens is 1. The molecular formula is C28H36FN7O5. The van der Waals surface area contributed by atoms with E-state index >= 15 is 0 Å². The summed E-state index contributed by atoms with van der Waals surface area (Å²) in [4.78, 5) is 63.8. The van der Waals surface area contributed by atoms with Gasteiger partial charge in [0.2, 0.25) is 11.8 Å². The maximum Gasteiger partial charge on any atom is 0.407 e. The number of carboxylic acid groups (broad SMARTS) is 1. The van der Waals surface area contributed by atoms with Crippen LogP contribution in [-0.4, -0.2) is 79.5 Å². The minimum Gasteiger partial charge on any atom is -0.465 e. The van der Waals surface area contributed by atoms with Gasteiger partial charge in [0, 0.05) is 26.8 Å². The second kappa shape index (κ2) is 13.2. The van der Waals surface area contributed by atoms with Crippen LogP contribution < -0.4 is 10.9 Å². The van der Waals surface area contributed by atoms with Gasteiger partial charge in [0.1, 0.15) is 23.1 Å². The molecule has 3 N–H and O–H groups in total. The van der Waals surface area contributed by atoms with Crippen molar-refractivity contribution in [2.45, 2.75) is 52.6 Å². The Morgan fingerprint density at radius 3 is 2.56 bits per heavy atom. The number of nitrogens with one attached hydrogen (secondary N) is 2. The van der Waals surface area contributed by atoms with Gasteiger partial charge in [-0.1, -0.05) is 19.9 Å². The zero-order valence-electron chi connectivity index (χ0n) is 24.1. The van der Waals surface area contributed by atoms with Gasteiger partial charge in [-0.15, -0.1) is 0 Å². The molecule has 3 heterocycles. The number of aryl methyl sites for hydroxylation is 1. The molecule has 0 unspecified atom stereocenters. The lowest BCUT2D eigenvalue weighted by molar-refractivity contribution is -0.123. The van der Waals surface area contributed by atoms with E-state index in [2.05, 4.69) is 20.3 Å². The smallest absolute Gasteiger partial charge is 0.407 e. The number of nitrogens with zero attached hydrogens (tertiary/aromatic N) is 5. The summed E-state index contributed by atoms with van der Waals surface area (Å²) < 4.78 is 15.9. The van der Waals surface area contributed by atoms with Gasteiger partial charge in [0.25, 0.3) is 5.56 Å². The van der Waals surface area contributed by atoms with Crippen molar-refractivity contribution >= 4 is 34.6 Å². The molecule has 0 radical (unpaired) electrons. The molecule has 0 spiro atoms. The fourth-order valence-corrected chi connectivity index (χ4v) is 4.23. The fraction of sp³-hybridized carbons (Fsp3) is 0.429. The third kappa shape index (κ3) is 7.56. The molecule has 0 saturated heterocycles. The van der Waals surface area contributed by atoms with Gasteiger partial charge >= 0.3 is 6.09 Å². The van der Waals surface area contributed by atoms with Crippen molar-refractivity contribution in [1.82, 2.24) is 29.3 Å². The third-order valence-electron chi connectivity index (χ3n) is 6.54. The predicted octanol–water partition coefficient (Wildman–Crippen LogP) is 3.16. The highest BCUT2D eigenvalue weighted by molar-refractivity contribution is 5.96. The number of rotatable bonds is 11. The van der Waals surface area contributed by atoms with Gasteiger partial charge in [-0.3, -0.25) is 24.3 Å². The van der Waals surface area contributed by atoms with Crippen LogP contribution in [0.15, 0.2) is 35.3 Å². The average Bonchev–Trinajstić information content (AvgIpc) is 3.34. The first kappa shape index (κ1) is 31.0. The van der Waals surface area contributed by atoms with Gasteiger partial charge in [-0.2, -0.15) is 0 Å². The lowest BCUT2D eigenvalue weighted by Crippen LogP contribution is -2.45. The Labute approximate surface area is 236 Å². The van der Waals surface area contributed by atoms with E-state index in [1.54, 1.807) is 33.2 Å². The zero-order chi connectivity index (χ0) is 30.4. The van der Waals surface area contributed by atoms with E-state index in [1.807, 2.05) is 13.8 Å². The second-order valence-electron chi connectivity index (χ2n) is 10.4. The topological polar surface area (TPSA) is 154 Å². The molecule has 0 saturated carbocycles. The highest BCUT2D eigenvalue weighted by Crippen LogP contribution is 2.21. The molecule has 0 aliphatic rings. The molecule has 3 rings (SSSR count). The van der Waals surface area contributed by atoms with Gasteiger partial charge in [-0.25, -0.2) is 14.2 Å². The number of pyridine rings is 2. The van der Waals surface area contributed by atoms with Gasteiger partial charge < -0.3 is 24.9 Å². The molecule has 220 valence electrons. The number of amides is 3. The summed E-state index contributed by atoms with van der Waals surface area (Å²) in [6.07, 6.45) is 3.69. The number of anilines is 1. The number of H-pyrrole nitrogens is 1. The van der Waals surface area contributed by atoms with E-state index in [1.165, 1.54) is 28.7 Å². The van der Waals surface area contributed by atoms with Crippen LogP contribution in [0.3, 0.4) is 0 Å². The van der Waals surface area contributed by atoms with Crippen LogP contribution in [0, 0.1) is 18.7 Å². The zero-order valence-corrected chi connectivity index (χ0v) is 24.1. The summed E-state index contributed by atoms with van der Waals surface area (Å²) >= 11 is 0. The van der Waals surface area contributed by atoms with Crippen LogP contribution >= 0.6 is 0 Å². The maximum atomic E-state index is 14.5. The second-order valence-corrected chi connectivity index (χ2v) is 10.4. The van der Waals surface area contributed by atoms with Crippen LogP contribution in [0.4, 0.5) is 14.9 Å². The Kier molecular flexibility index (Phi) is 9.98. The predicted molar refractivity (Wildman–Crippen MR) is 152 cm³/mol. The number of likely N-dealkylation sites (N-methyl/N-ethyl adjacent to an activating group) is 2. The highest BCUT2D eigenvalue weighted by Gasteiger charge is 2.27. The maximum absolute atomic E-state index is 14.5. The lowest BCUT2D eigenvalue weighted by atomic mass is 10.1. The van der Waals surface area contributed by atoms with E-state index in [4.69, 9.17) is 0 Å². The van der Waals surface area contributed by atoms with Crippen LogP contribution in [0.2, 0.25) is 0 Å². The van der Waals surface area contributed by atoms with Crippen LogP contribution in [0.5, 0.6) is 0 Å². The SMILES string of the molecule is Cc1ccc(NC(=O)[C@H](CC/C=C/C(=O)N(C)C)N(C)C(=O)O)c(=O)n1Cc1nc2c(F)cnc(CC(C)C)c2[nH]1. The van der Waals surface area contributed by atoms with E-state index < -0.39 is 29.4 Å². The minimum atomic E-state index is -1.32. The number of fused-ring (bicyclic) bond motifs is 1. The number of aromatic nitrogens is 4. The first-order valence-electron chi connectivity index (χ1n) is 13.2. The summed E-state index contributed by atoms with van der Waals surface area (Å²) in [6, 6.07) is 1.96. The highest BCUT2D eigenvalue weighted by atomic mass is 19.1. The number of imidazole rings is 1. The Morgan fingerprint density at radius 2 is 1.93 bits per heavy atom. The van der Waals surface area contributed by atoms with Crippen LogP contribution in [-0.2, 0) is 22.6 Å². The minimum absolute atomic E-state index is 0.0211. The molecular weight excluding hydrogens is 533 g/mol. The van der Waals surface area contributed by atoms with Crippen molar-refractivity contribution in [3.05, 3.63) is 63.9 Å². The molecule has 3 aromatic rings. The number of carbonyl (C=O) groups is 3. The van der Waals surface area contributed by atoms with Crippen molar-refractivity contribution in [2.75, 3.05) is 26.5 Å². The fourth-order valence-electron chi connectivity index (χ4n) is 4.23. The van der Waals surface area contributed by atoms with Gasteiger partial charge in [-0.05, 0) is 50.3 Å². The van der Waals surface area contributed by atoms with Crippen LogP contribution in [0.1, 0.15) is 43.9 Å². The van der Waals surface area contributed by atoms with Gasteiger partial charge in [0.05, 0.1) is 24.0 Å². The van der Waals surface area contributed by atoms with E-state index in [9.17, 15) is 28.7 Å². The summed E-state index contributed by atoms with van der Waals surface area (Å²) in [5.74, 6) is -0.876. The molecule has 0 aliphatic carbocycles. The van der Waals surface area contributed by atoms with Crippen molar-refractivity contribution in [3.63, 3.8) is 0 Å². The Hall–Kier alpha value is -4.55. The molecule has 0 aliphatic heterocycles. The Balaban J connectivity index is 1.86. The molecule has 12 nitrogen and oxygen atoms in total. The summed E-state index contributed by atoms with van der Waals surface area (Å²) in [6.45, 7) is 5.74. The average molecular weight is 570 g/mol. The molecule has 0 bridgehead atoms. The molecule has 13 heteroatoms. The Morgan fingerprint density at radius 1 is 1.22 bits per heavy atom. The number of allylic oxidation sites excluding steroid dienone is 1. The monoisotopic (exact) mass is 569 g/mol. The molecule has 3 amide bonds. The van der Waals surface area contributed by atoms with E-state index in [0.29, 0.717) is 29.1 Å². The third-order valence-corrected chi connectivity index (χ3v) is 6.54. The van der Waals surface area contributed by atoms with Gasteiger partial charge in [0.15, 0.2) is 5.82 Å². The van der Waals surface area contributed by atoms with E-state index in [-0.39, 0.29) is 42.4 Å². The van der Waals surface area contributed by atoms with Crippen molar-refractivity contribution < 1.29 is 23.9 Å². The number of aromatic amines is 1. The first-order chi connectivity index (χ1) is 19.3. The molecule has 41 heavy (non-hydrogen) atoms. The standard InChI is InChI=1S/C28H36FN7O5/c1-16(2)13-20-25-24(18(29)14-30-20)32-22(33-25)15-36-17(3)11-12-19(27(36)39)31-26(38)21(35(6)28(40)41)9-7-8-10-23(37)34(4)5/h8,10-12,14,16,21H,7,9,13,15H2,1-6H3,(H,31,38)(H,32,33)(H,40,41)/b10-8+/t21-/m0/s1. The summed E-state index contributed by atoms with van der Waals surface area (Å²) in [7, 11) is 4.46. The van der Waals surface area contributed by atoms with Crippen molar-refractivity contribution in [3.8, 4) is 0 Å². The molecule has 3 aromatic heterocycles. The lowest BCUT2D eigenvalue weighted by Gasteiger charge is -2.24. The van der Waals surface area contributed by atoms with Crippen molar-refractivity contribution in [1.29, 1.82) is 0 Å². The van der Waals surface area contributed by atoms with Crippen molar-refractivity contribution in [2.24, 2.45) is 5.92 Å².